The van der Waals surface area contributed by atoms with Crippen LogP contribution in [0.2, 0.25) is 5.02 Å². The van der Waals surface area contributed by atoms with E-state index in [2.05, 4.69) is 10.5 Å². The fraction of sp³-hybridized carbons (Fsp3) is 0.231. The van der Waals surface area contributed by atoms with E-state index in [9.17, 15) is 4.79 Å². The zero-order valence-corrected chi connectivity index (χ0v) is 11.0. The maximum atomic E-state index is 11.7. The minimum absolute atomic E-state index is 0.163. The molecule has 0 bridgehead atoms. The van der Waals surface area contributed by atoms with Crippen LogP contribution in [0.25, 0.3) is 11.3 Å². The van der Waals surface area contributed by atoms with Crippen molar-refractivity contribution in [3.8, 4) is 11.3 Å². The van der Waals surface area contributed by atoms with Crippen LogP contribution in [0.15, 0.2) is 34.9 Å². The number of aliphatic hydroxyl groups is 1. The van der Waals surface area contributed by atoms with E-state index in [1.54, 1.807) is 25.1 Å². The van der Waals surface area contributed by atoms with Crippen LogP contribution in [0.5, 0.6) is 0 Å². The van der Waals surface area contributed by atoms with Gasteiger partial charge in [-0.25, -0.2) is 0 Å². The molecule has 1 unspecified atom stereocenters. The molecule has 2 N–H and O–H groups in total. The molecule has 0 radical (unpaired) electrons. The third kappa shape index (κ3) is 3.56. The fourth-order valence-corrected chi connectivity index (χ4v) is 1.68. The van der Waals surface area contributed by atoms with E-state index in [1.807, 2.05) is 6.07 Å². The Hall–Kier alpha value is -1.85. The number of amides is 1. The number of hydrogen-bond acceptors (Lipinski definition) is 4. The average molecular weight is 281 g/mol. The van der Waals surface area contributed by atoms with Crippen LogP contribution in [-0.2, 0) is 0 Å². The molecule has 5 nitrogen and oxygen atoms in total. The summed E-state index contributed by atoms with van der Waals surface area (Å²) in [6.07, 6.45) is -0.608. The topological polar surface area (TPSA) is 75.4 Å². The molecule has 0 saturated heterocycles. The Morgan fingerprint density at radius 2 is 2.32 bits per heavy atom. The highest BCUT2D eigenvalue weighted by Gasteiger charge is 2.14. The van der Waals surface area contributed by atoms with E-state index < -0.39 is 12.0 Å². The Bertz CT molecular complexity index is 581. The Kier molecular flexibility index (Phi) is 4.19. The van der Waals surface area contributed by atoms with Crippen LogP contribution in [0, 0.1) is 0 Å². The van der Waals surface area contributed by atoms with Gasteiger partial charge >= 0.3 is 0 Å². The number of aromatic nitrogens is 1. The Morgan fingerprint density at radius 3 is 3.00 bits per heavy atom. The first-order valence-electron chi connectivity index (χ1n) is 5.75. The van der Waals surface area contributed by atoms with E-state index in [0.717, 1.165) is 5.56 Å². The van der Waals surface area contributed by atoms with Crippen LogP contribution in [-0.4, -0.2) is 28.8 Å². The third-order valence-electron chi connectivity index (χ3n) is 2.41. The normalized spacial score (nSPS) is 12.2. The molecule has 0 aliphatic rings. The minimum atomic E-state index is -0.608. The first-order valence-corrected chi connectivity index (χ1v) is 6.13. The molecule has 1 atom stereocenters. The lowest BCUT2D eigenvalue weighted by Gasteiger charge is -2.03. The number of hydrogen-bond donors (Lipinski definition) is 2. The molecule has 6 heteroatoms. The predicted molar refractivity (Wildman–Crippen MR) is 71.0 cm³/mol. The van der Waals surface area contributed by atoms with Gasteiger partial charge in [0.2, 0.25) is 0 Å². The van der Waals surface area contributed by atoms with Gasteiger partial charge in [-0.2, -0.15) is 0 Å². The van der Waals surface area contributed by atoms with E-state index in [4.69, 9.17) is 21.2 Å². The third-order valence-corrected chi connectivity index (χ3v) is 2.65. The highest BCUT2D eigenvalue weighted by Crippen LogP contribution is 2.23. The van der Waals surface area contributed by atoms with Gasteiger partial charge in [0.25, 0.3) is 5.91 Å². The Labute approximate surface area is 115 Å². The zero-order chi connectivity index (χ0) is 13.8. The standard InChI is InChI=1S/C13H13ClN2O3/c1-8(17)7-15-13(18)11-6-12(19-16-11)9-3-2-4-10(14)5-9/h2-6,8,17H,7H2,1H3,(H,15,18). The number of halogens is 1. The van der Waals surface area contributed by atoms with Gasteiger partial charge in [-0.05, 0) is 19.1 Å². The highest BCUT2D eigenvalue weighted by atomic mass is 35.5. The molecular weight excluding hydrogens is 268 g/mol. The largest absolute Gasteiger partial charge is 0.392 e. The number of benzene rings is 1. The van der Waals surface area contributed by atoms with Crippen molar-refractivity contribution in [2.75, 3.05) is 6.54 Å². The number of nitrogens with zero attached hydrogens (tertiary/aromatic N) is 1. The maximum absolute atomic E-state index is 11.7. The fourth-order valence-electron chi connectivity index (χ4n) is 1.49. The van der Waals surface area contributed by atoms with Crippen molar-refractivity contribution in [3.63, 3.8) is 0 Å². The molecular formula is C13H13ClN2O3. The van der Waals surface area contributed by atoms with Gasteiger partial charge in [0.15, 0.2) is 11.5 Å². The molecule has 1 heterocycles. The molecule has 19 heavy (non-hydrogen) atoms. The van der Waals surface area contributed by atoms with Gasteiger partial charge in [0.1, 0.15) is 0 Å². The lowest BCUT2D eigenvalue weighted by atomic mass is 10.1. The van der Waals surface area contributed by atoms with Crippen LogP contribution in [0.4, 0.5) is 0 Å². The van der Waals surface area contributed by atoms with Gasteiger partial charge in [-0.3, -0.25) is 4.79 Å². The summed E-state index contributed by atoms with van der Waals surface area (Å²) < 4.78 is 5.10. The van der Waals surface area contributed by atoms with Crippen molar-refractivity contribution in [1.82, 2.24) is 10.5 Å². The molecule has 100 valence electrons. The summed E-state index contributed by atoms with van der Waals surface area (Å²) in [5.41, 5.74) is 0.908. The number of nitrogens with one attached hydrogen (secondary N) is 1. The van der Waals surface area contributed by atoms with Crippen molar-refractivity contribution in [3.05, 3.63) is 41.0 Å². The van der Waals surface area contributed by atoms with E-state index in [1.165, 1.54) is 6.07 Å². The summed E-state index contributed by atoms with van der Waals surface area (Å²) >= 11 is 5.88. The molecule has 1 aromatic heterocycles. The monoisotopic (exact) mass is 280 g/mol. The number of carbonyl (C=O) groups is 1. The van der Waals surface area contributed by atoms with Gasteiger partial charge in [-0.1, -0.05) is 28.9 Å². The molecule has 0 aliphatic heterocycles. The van der Waals surface area contributed by atoms with E-state index >= 15 is 0 Å². The highest BCUT2D eigenvalue weighted by molar-refractivity contribution is 6.30. The predicted octanol–water partition coefficient (Wildman–Crippen LogP) is 2.11. The van der Waals surface area contributed by atoms with E-state index in [-0.39, 0.29) is 12.2 Å². The van der Waals surface area contributed by atoms with Crippen LogP contribution in [0.3, 0.4) is 0 Å². The maximum Gasteiger partial charge on any atom is 0.273 e. The van der Waals surface area contributed by atoms with Crippen molar-refractivity contribution in [1.29, 1.82) is 0 Å². The van der Waals surface area contributed by atoms with Crippen molar-refractivity contribution < 1.29 is 14.4 Å². The molecule has 0 fully saturated rings. The molecule has 2 rings (SSSR count). The number of carbonyl (C=O) groups excluding carboxylic acids is 1. The molecule has 1 aromatic carbocycles. The SMILES string of the molecule is CC(O)CNC(=O)c1cc(-c2cccc(Cl)c2)on1. The van der Waals surface area contributed by atoms with Crippen LogP contribution >= 0.6 is 11.6 Å². The number of aliphatic hydroxyl groups excluding tert-OH is 1. The van der Waals surface area contributed by atoms with E-state index in [0.29, 0.717) is 10.8 Å². The second-order valence-corrected chi connectivity index (χ2v) is 4.58. The molecule has 0 saturated carbocycles. The Morgan fingerprint density at radius 1 is 1.53 bits per heavy atom. The quantitative estimate of drug-likeness (QED) is 0.899. The summed E-state index contributed by atoms with van der Waals surface area (Å²) in [7, 11) is 0. The van der Waals surface area contributed by atoms with Crippen LogP contribution in [0.1, 0.15) is 17.4 Å². The van der Waals surface area contributed by atoms with Gasteiger partial charge in [0, 0.05) is 23.2 Å². The second-order valence-electron chi connectivity index (χ2n) is 4.15. The van der Waals surface area contributed by atoms with Crippen molar-refractivity contribution in [2.45, 2.75) is 13.0 Å². The van der Waals surface area contributed by atoms with Gasteiger partial charge in [-0.15, -0.1) is 0 Å². The van der Waals surface area contributed by atoms with Crippen molar-refractivity contribution in [2.24, 2.45) is 0 Å². The summed E-state index contributed by atoms with van der Waals surface area (Å²) in [6.45, 7) is 1.75. The average Bonchev–Trinajstić information content (AvgIpc) is 2.85. The van der Waals surface area contributed by atoms with Crippen molar-refractivity contribution >= 4 is 17.5 Å². The smallest absolute Gasteiger partial charge is 0.273 e. The minimum Gasteiger partial charge on any atom is -0.392 e. The lowest BCUT2D eigenvalue weighted by Crippen LogP contribution is -2.30. The summed E-state index contributed by atoms with van der Waals surface area (Å²) in [6, 6.07) is 8.59. The van der Waals surface area contributed by atoms with Gasteiger partial charge in [0.05, 0.1) is 6.10 Å². The molecule has 0 spiro atoms. The molecule has 2 aromatic rings. The Balaban J connectivity index is 2.13. The zero-order valence-electron chi connectivity index (χ0n) is 10.3. The summed E-state index contributed by atoms with van der Waals surface area (Å²) in [4.78, 5) is 11.7. The summed E-state index contributed by atoms with van der Waals surface area (Å²) in [5, 5.41) is 15.9. The molecule has 1 amide bonds. The van der Waals surface area contributed by atoms with Crippen LogP contribution < -0.4 is 5.32 Å². The molecule has 0 aliphatic carbocycles. The number of rotatable bonds is 4. The lowest BCUT2D eigenvalue weighted by molar-refractivity contribution is 0.0915. The van der Waals surface area contributed by atoms with Gasteiger partial charge < -0.3 is 14.9 Å². The first kappa shape index (κ1) is 13.6. The first-order chi connectivity index (χ1) is 9.06. The summed E-state index contributed by atoms with van der Waals surface area (Å²) in [5.74, 6) is 0.0719. The second kappa shape index (κ2) is 5.86.